The summed E-state index contributed by atoms with van der Waals surface area (Å²) in [6.45, 7) is 1.78. The first-order valence-electron chi connectivity index (χ1n) is 10.6. The summed E-state index contributed by atoms with van der Waals surface area (Å²) in [5.41, 5.74) is 6.26. The molecule has 0 saturated heterocycles. The van der Waals surface area contributed by atoms with Crippen molar-refractivity contribution >= 4 is 27.5 Å². The van der Waals surface area contributed by atoms with Crippen molar-refractivity contribution in [1.29, 1.82) is 0 Å². The highest BCUT2D eigenvalue weighted by molar-refractivity contribution is 5.96. The SMILES string of the molecule is COc1cc(F)cc(-c2nccc3[nH]c(-c4n[nH]c5cnc(C6=CCNCC6)cc45)nc23)c1. The Labute approximate surface area is 187 Å². The molecule has 0 amide bonds. The first kappa shape index (κ1) is 19.6. The number of rotatable bonds is 4. The third-order valence-electron chi connectivity index (χ3n) is 5.85. The minimum atomic E-state index is -0.399. The minimum Gasteiger partial charge on any atom is -0.497 e. The van der Waals surface area contributed by atoms with Crippen LogP contribution in [0.4, 0.5) is 4.39 Å². The summed E-state index contributed by atoms with van der Waals surface area (Å²) in [4.78, 5) is 17.2. The molecule has 1 aliphatic heterocycles. The summed E-state index contributed by atoms with van der Waals surface area (Å²) in [6, 6.07) is 8.39. The third kappa shape index (κ3) is 3.42. The van der Waals surface area contributed by atoms with Gasteiger partial charge in [0, 0.05) is 29.8 Å². The van der Waals surface area contributed by atoms with Crippen molar-refractivity contribution in [3.63, 3.8) is 0 Å². The van der Waals surface area contributed by atoms with Crippen molar-refractivity contribution < 1.29 is 9.13 Å². The van der Waals surface area contributed by atoms with Crippen molar-refractivity contribution in [2.24, 2.45) is 0 Å². The molecular weight excluding hydrogens is 421 g/mol. The van der Waals surface area contributed by atoms with E-state index < -0.39 is 5.82 Å². The molecule has 3 N–H and O–H groups in total. The Kier molecular flexibility index (Phi) is 4.62. The average Bonchev–Trinajstić information content (AvgIpc) is 3.47. The van der Waals surface area contributed by atoms with Crippen LogP contribution < -0.4 is 10.1 Å². The molecule has 1 aromatic carbocycles. The number of benzene rings is 1. The summed E-state index contributed by atoms with van der Waals surface area (Å²) in [6.07, 6.45) is 6.58. The van der Waals surface area contributed by atoms with Crippen LogP contribution in [0.25, 0.3) is 50.3 Å². The number of hydrogen-bond acceptors (Lipinski definition) is 6. The van der Waals surface area contributed by atoms with E-state index in [4.69, 9.17) is 9.72 Å². The van der Waals surface area contributed by atoms with Crippen LogP contribution in [0.2, 0.25) is 0 Å². The van der Waals surface area contributed by atoms with E-state index in [1.165, 1.54) is 24.8 Å². The van der Waals surface area contributed by atoms with Crippen molar-refractivity contribution in [3.05, 3.63) is 60.3 Å². The minimum absolute atomic E-state index is 0.399. The molecule has 164 valence electrons. The van der Waals surface area contributed by atoms with Crippen LogP contribution in [0, 0.1) is 5.82 Å². The van der Waals surface area contributed by atoms with Crippen LogP contribution in [0.3, 0.4) is 0 Å². The fourth-order valence-electron chi connectivity index (χ4n) is 4.20. The van der Waals surface area contributed by atoms with Crippen LogP contribution in [0.1, 0.15) is 12.1 Å². The van der Waals surface area contributed by atoms with Crippen molar-refractivity contribution in [2.75, 3.05) is 20.2 Å². The van der Waals surface area contributed by atoms with Gasteiger partial charge in [0.25, 0.3) is 0 Å². The quantitative estimate of drug-likeness (QED) is 0.388. The lowest BCUT2D eigenvalue weighted by Gasteiger charge is -2.13. The molecule has 0 unspecified atom stereocenters. The van der Waals surface area contributed by atoms with Gasteiger partial charge in [0.15, 0.2) is 5.82 Å². The Bertz CT molecular complexity index is 1530. The van der Waals surface area contributed by atoms with E-state index in [2.05, 4.69) is 42.6 Å². The lowest BCUT2D eigenvalue weighted by Crippen LogP contribution is -2.20. The number of ether oxygens (including phenoxy) is 1. The molecule has 33 heavy (non-hydrogen) atoms. The monoisotopic (exact) mass is 441 g/mol. The first-order valence-corrected chi connectivity index (χ1v) is 10.6. The fourth-order valence-corrected chi connectivity index (χ4v) is 4.20. The van der Waals surface area contributed by atoms with Gasteiger partial charge < -0.3 is 15.0 Å². The normalized spacial score (nSPS) is 14.1. The van der Waals surface area contributed by atoms with E-state index in [0.717, 1.165) is 41.6 Å². The predicted molar refractivity (Wildman–Crippen MR) is 124 cm³/mol. The molecular formula is C24H20FN7O. The number of H-pyrrole nitrogens is 2. The van der Waals surface area contributed by atoms with E-state index in [1.807, 2.05) is 6.07 Å². The highest BCUT2D eigenvalue weighted by Crippen LogP contribution is 2.32. The Morgan fingerprint density at radius 3 is 2.85 bits per heavy atom. The summed E-state index contributed by atoms with van der Waals surface area (Å²) < 4.78 is 19.3. The molecule has 0 saturated carbocycles. The van der Waals surface area contributed by atoms with Crippen LogP contribution in [0.15, 0.2) is 48.8 Å². The molecule has 5 heterocycles. The topological polar surface area (TPSA) is 104 Å². The van der Waals surface area contributed by atoms with Gasteiger partial charge in [0.2, 0.25) is 0 Å². The van der Waals surface area contributed by atoms with Crippen molar-refractivity contribution in [1.82, 2.24) is 35.5 Å². The summed E-state index contributed by atoms with van der Waals surface area (Å²) >= 11 is 0. The molecule has 0 fully saturated rings. The summed E-state index contributed by atoms with van der Waals surface area (Å²) in [5.74, 6) is 0.625. The first-order chi connectivity index (χ1) is 16.2. The van der Waals surface area contributed by atoms with Gasteiger partial charge in [-0.3, -0.25) is 15.1 Å². The van der Waals surface area contributed by atoms with E-state index in [-0.39, 0.29) is 0 Å². The lowest BCUT2D eigenvalue weighted by molar-refractivity contribution is 0.411. The third-order valence-corrected chi connectivity index (χ3v) is 5.85. The van der Waals surface area contributed by atoms with Crippen LogP contribution >= 0.6 is 0 Å². The van der Waals surface area contributed by atoms with Gasteiger partial charge in [-0.15, -0.1) is 0 Å². The molecule has 9 heteroatoms. The fraction of sp³-hybridized carbons (Fsp3) is 0.167. The number of aromatic amines is 2. The number of pyridine rings is 2. The Balaban J connectivity index is 1.48. The highest BCUT2D eigenvalue weighted by Gasteiger charge is 2.18. The van der Waals surface area contributed by atoms with Gasteiger partial charge in [0.05, 0.1) is 35.7 Å². The second-order valence-electron chi connectivity index (χ2n) is 7.89. The molecule has 8 nitrogen and oxygen atoms in total. The molecule has 0 spiro atoms. The number of methoxy groups -OCH3 is 1. The molecule has 0 radical (unpaired) electrons. The maximum atomic E-state index is 14.1. The average molecular weight is 441 g/mol. The molecule has 4 aromatic heterocycles. The van der Waals surface area contributed by atoms with Crippen LogP contribution in [-0.4, -0.2) is 50.3 Å². The zero-order valence-corrected chi connectivity index (χ0v) is 17.8. The number of hydrogen-bond donors (Lipinski definition) is 3. The van der Waals surface area contributed by atoms with Gasteiger partial charge in [-0.05, 0) is 42.8 Å². The number of aromatic nitrogens is 6. The second kappa shape index (κ2) is 7.79. The highest BCUT2D eigenvalue weighted by atomic mass is 19.1. The molecule has 1 aliphatic rings. The summed E-state index contributed by atoms with van der Waals surface area (Å²) in [7, 11) is 1.50. The number of halogens is 1. The van der Waals surface area contributed by atoms with E-state index in [0.29, 0.717) is 34.0 Å². The van der Waals surface area contributed by atoms with Crippen LogP contribution in [-0.2, 0) is 0 Å². The Morgan fingerprint density at radius 2 is 2.00 bits per heavy atom. The van der Waals surface area contributed by atoms with Gasteiger partial charge >= 0.3 is 0 Å². The lowest BCUT2D eigenvalue weighted by atomic mass is 10.0. The van der Waals surface area contributed by atoms with Crippen LogP contribution in [0.5, 0.6) is 5.75 Å². The van der Waals surface area contributed by atoms with E-state index in [9.17, 15) is 4.39 Å². The second-order valence-corrected chi connectivity index (χ2v) is 7.89. The molecule has 5 aromatic rings. The number of nitrogens with one attached hydrogen (secondary N) is 3. The largest absolute Gasteiger partial charge is 0.497 e. The van der Waals surface area contributed by atoms with Gasteiger partial charge in [-0.25, -0.2) is 9.37 Å². The van der Waals surface area contributed by atoms with Gasteiger partial charge in [0.1, 0.15) is 22.8 Å². The number of imidazole rings is 1. The zero-order chi connectivity index (χ0) is 22.4. The predicted octanol–water partition coefficient (Wildman–Crippen LogP) is 4.09. The van der Waals surface area contributed by atoms with Crippen molar-refractivity contribution in [3.8, 4) is 28.5 Å². The molecule has 0 atom stereocenters. The van der Waals surface area contributed by atoms with E-state index in [1.54, 1.807) is 18.5 Å². The molecule has 6 rings (SSSR count). The van der Waals surface area contributed by atoms with Gasteiger partial charge in [-0.1, -0.05) is 6.08 Å². The standard InChI is InChI=1S/C24H20FN7O/c1-33-16-9-14(8-15(25)10-16)21-23-18(4-7-27-21)29-24(30-23)22-17-11-19(13-2-5-26-6-3-13)28-12-20(17)31-32-22/h2,4,7-12,26H,3,5-6H2,1H3,(H,29,30)(H,31,32). The smallest absolute Gasteiger partial charge is 0.159 e. The number of fused-ring (bicyclic) bond motifs is 2. The number of nitrogens with zero attached hydrogens (tertiary/aromatic N) is 4. The maximum absolute atomic E-state index is 14.1. The molecule has 0 bridgehead atoms. The maximum Gasteiger partial charge on any atom is 0.159 e. The van der Waals surface area contributed by atoms with E-state index >= 15 is 0 Å². The summed E-state index contributed by atoms with van der Waals surface area (Å²) in [5, 5.41) is 11.8. The Hall–Kier alpha value is -4.11. The Morgan fingerprint density at radius 1 is 1.06 bits per heavy atom. The van der Waals surface area contributed by atoms with Crippen molar-refractivity contribution in [2.45, 2.75) is 6.42 Å². The van der Waals surface area contributed by atoms with Gasteiger partial charge in [-0.2, -0.15) is 5.10 Å². The zero-order valence-electron chi connectivity index (χ0n) is 17.8. The molecule has 0 aliphatic carbocycles.